The van der Waals surface area contributed by atoms with Crippen molar-refractivity contribution in [2.75, 3.05) is 12.4 Å². The Hall–Kier alpha value is -3.35. The molecule has 0 radical (unpaired) electrons. The quantitative estimate of drug-likeness (QED) is 0.801. The summed E-state index contributed by atoms with van der Waals surface area (Å²) >= 11 is 0. The van der Waals surface area contributed by atoms with Crippen LogP contribution in [0.5, 0.6) is 0 Å². The first-order chi connectivity index (χ1) is 13.5. The first-order valence-corrected chi connectivity index (χ1v) is 8.89. The van der Waals surface area contributed by atoms with Crippen LogP contribution in [0, 0.1) is 6.92 Å². The molecule has 1 aliphatic rings. The van der Waals surface area contributed by atoms with E-state index >= 15 is 0 Å². The van der Waals surface area contributed by atoms with E-state index in [-0.39, 0.29) is 6.61 Å². The molecule has 1 N–H and O–H groups in total. The average molecular weight is 382 g/mol. The zero-order valence-corrected chi connectivity index (χ0v) is 16.0. The molecule has 3 rings (SSSR count). The van der Waals surface area contributed by atoms with E-state index in [1.807, 2.05) is 43.3 Å². The zero-order valence-electron chi connectivity index (χ0n) is 16.0. The lowest BCUT2D eigenvalue weighted by Gasteiger charge is -2.12. The third-order valence-electron chi connectivity index (χ3n) is 4.36. The molecule has 7 heteroatoms. The number of nitrogens with zero attached hydrogens (tertiary/aromatic N) is 1. The number of esters is 1. The highest BCUT2D eigenvalue weighted by Crippen LogP contribution is 2.23. The summed E-state index contributed by atoms with van der Waals surface area (Å²) in [6.45, 7) is 3.82. The summed E-state index contributed by atoms with van der Waals surface area (Å²) in [6, 6.07) is 14.1. The summed E-state index contributed by atoms with van der Waals surface area (Å²) in [5.41, 5.74) is 3.07. The van der Waals surface area contributed by atoms with Crippen molar-refractivity contribution in [1.82, 2.24) is 0 Å². The summed E-state index contributed by atoms with van der Waals surface area (Å²) in [7, 11) is 1.32. The van der Waals surface area contributed by atoms with E-state index < -0.39 is 24.2 Å². The van der Waals surface area contributed by atoms with Crippen LogP contribution in [-0.2, 0) is 25.6 Å². The molecular formula is C21H22N2O5. The number of carbonyl (C=O) groups excluding carboxylic acids is 2. The van der Waals surface area contributed by atoms with Gasteiger partial charge in [-0.1, -0.05) is 30.3 Å². The van der Waals surface area contributed by atoms with Gasteiger partial charge >= 0.3 is 12.1 Å². The number of ether oxygens (including phenoxy) is 3. The van der Waals surface area contributed by atoms with Crippen molar-refractivity contribution in [3.8, 4) is 0 Å². The van der Waals surface area contributed by atoms with Gasteiger partial charge in [-0.2, -0.15) is 0 Å². The van der Waals surface area contributed by atoms with Gasteiger partial charge in [0.25, 0.3) is 0 Å². The van der Waals surface area contributed by atoms with Crippen molar-refractivity contribution in [1.29, 1.82) is 0 Å². The molecule has 1 heterocycles. The van der Waals surface area contributed by atoms with E-state index in [2.05, 4.69) is 10.3 Å². The zero-order chi connectivity index (χ0) is 20.1. The van der Waals surface area contributed by atoms with Crippen LogP contribution in [0.4, 0.5) is 10.5 Å². The Morgan fingerprint density at radius 2 is 1.93 bits per heavy atom. The molecule has 2 aromatic carbocycles. The second-order valence-electron chi connectivity index (χ2n) is 6.44. The van der Waals surface area contributed by atoms with Gasteiger partial charge in [0.2, 0.25) is 5.90 Å². The minimum absolute atomic E-state index is 0.196. The third kappa shape index (κ3) is 4.49. The van der Waals surface area contributed by atoms with Crippen molar-refractivity contribution < 1.29 is 23.8 Å². The summed E-state index contributed by atoms with van der Waals surface area (Å²) in [5.74, 6) is -0.0529. The number of aliphatic imine (C=N–C) groups is 1. The Morgan fingerprint density at radius 3 is 2.61 bits per heavy atom. The van der Waals surface area contributed by atoms with E-state index in [1.54, 1.807) is 19.1 Å². The SMILES string of the molecule is COC(=O)C1N=C(c2ccc(NC(=O)OCc3ccccc3)c(C)c2)OC1C. The molecule has 0 saturated carbocycles. The fraction of sp³-hybridized carbons (Fsp3) is 0.286. The van der Waals surface area contributed by atoms with Gasteiger partial charge in [0.1, 0.15) is 12.7 Å². The summed E-state index contributed by atoms with van der Waals surface area (Å²) < 4.78 is 15.7. The van der Waals surface area contributed by atoms with Crippen molar-refractivity contribution >= 4 is 23.6 Å². The molecule has 0 aliphatic carbocycles. The highest BCUT2D eigenvalue weighted by atomic mass is 16.5. The molecule has 1 aliphatic heterocycles. The highest BCUT2D eigenvalue weighted by Gasteiger charge is 2.34. The van der Waals surface area contributed by atoms with Crippen molar-refractivity contribution in [2.45, 2.75) is 32.6 Å². The highest BCUT2D eigenvalue weighted by molar-refractivity contribution is 5.99. The first-order valence-electron chi connectivity index (χ1n) is 8.89. The number of aryl methyl sites for hydroxylation is 1. The Kier molecular flexibility index (Phi) is 5.93. The van der Waals surface area contributed by atoms with E-state index in [0.29, 0.717) is 11.6 Å². The van der Waals surface area contributed by atoms with Gasteiger partial charge in [-0.25, -0.2) is 14.6 Å². The fourth-order valence-corrected chi connectivity index (χ4v) is 2.82. The lowest BCUT2D eigenvalue weighted by molar-refractivity contribution is -0.143. The number of rotatable bonds is 5. The molecule has 2 atom stereocenters. The van der Waals surface area contributed by atoms with E-state index in [1.165, 1.54) is 7.11 Å². The number of anilines is 1. The Bertz CT molecular complexity index is 895. The van der Waals surface area contributed by atoms with E-state index in [4.69, 9.17) is 14.2 Å². The first kappa shape index (κ1) is 19.4. The molecule has 7 nitrogen and oxygen atoms in total. The Labute approximate surface area is 163 Å². The summed E-state index contributed by atoms with van der Waals surface area (Å²) in [6.07, 6.45) is -0.929. The number of hydrogen-bond donors (Lipinski definition) is 1. The second kappa shape index (κ2) is 8.56. The number of hydrogen-bond acceptors (Lipinski definition) is 6. The maximum atomic E-state index is 12.0. The number of methoxy groups -OCH3 is 1. The van der Waals surface area contributed by atoms with Crippen LogP contribution >= 0.6 is 0 Å². The predicted molar refractivity (Wildman–Crippen MR) is 104 cm³/mol. The van der Waals surface area contributed by atoms with Crippen LogP contribution in [0.2, 0.25) is 0 Å². The summed E-state index contributed by atoms with van der Waals surface area (Å²) in [5, 5.41) is 2.73. The lowest BCUT2D eigenvalue weighted by Crippen LogP contribution is -2.28. The van der Waals surface area contributed by atoms with E-state index in [9.17, 15) is 9.59 Å². The largest absolute Gasteiger partial charge is 0.472 e. The maximum absolute atomic E-state index is 12.0. The van der Waals surface area contributed by atoms with Crippen LogP contribution in [0.25, 0.3) is 0 Å². The molecule has 0 spiro atoms. The number of carbonyl (C=O) groups is 2. The minimum atomic E-state index is -0.675. The third-order valence-corrected chi connectivity index (χ3v) is 4.36. The molecule has 0 fully saturated rings. The van der Waals surface area contributed by atoms with Crippen LogP contribution in [-0.4, -0.2) is 37.2 Å². The number of nitrogens with one attached hydrogen (secondary N) is 1. The maximum Gasteiger partial charge on any atom is 0.411 e. The average Bonchev–Trinajstić information content (AvgIpc) is 3.10. The number of amides is 1. The van der Waals surface area contributed by atoms with Crippen LogP contribution in [0.3, 0.4) is 0 Å². The van der Waals surface area contributed by atoms with Gasteiger partial charge in [-0.15, -0.1) is 0 Å². The number of benzene rings is 2. The second-order valence-corrected chi connectivity index (χ2v) is 6.44. The van der Waals surface area contributed by atoms with Gasteiger partial charge in [0.15, 0.2) is 6.04 Å². The van der Waals surface area contributed by atoms with Crippen molar-refractivity contribution in [3.05, 3.63) is 65.2 Å². The molecule has 0 bridgehead atoms. The smallest absolute Gasteiger partial charge is 0.411 e. The summed E-state index contributed by atoms with van der Waals surface area (Å²) in [4.78, 5) is 28.1. The van der Waals surface area contributed by atoms with Crippen LogP contribution in [0.15, 0.2) is 53.5 Å². The molecule has 0 saturated heterocycles. The molecule has 0 aromatic heterocycles. The molecule has 28 heavy (non-hydrogen) atoms. The monoisotopic (exact) mass is 382 g/mol. The van der Waals surface area contributed by atoms with Gasteiger partial charge in [0, 0.05) is 11.3 Å². The van der Waals surface area contributed by atoms with Gasteiger partial charge in [0.05, 0.1) is 7.11 Å². The standard InChI is InChI=1S/C21H22N2O5/c1-13-11-16(19-23-18(14(2)28-19)20(24)26-3)9-10-17(13)22-21(25)27-12-15-7-5-4-6-8-15/h4-11,14,18H,12H2,1-3H3,(H,22,25). The predicted octanol–water partition coefficient (Wildman–Crippen LogP) is 3.45. The Balaban J connectivity index is 1.64. The topological polar surface area (TPSA) is 86.2 Å². The molecule has 2 aromatic rings. The lowest BCUT2D eigenvalue weighted by atomic mass is 10.1. The fourth-order valence-electron chi connectivity index (χ4n) is 2.82. The van der Waals surface area contributed by atoms with Crippen LogP contribution in [0.1, 0.15) is 23.6 Å². The van der Waals surface area contributed by atoms with Gasteiger partial charge < -0.3 is 14.2 Å². The Morgan fingerprint density at radius 1 is 1.18 bits per heavy atom. The molecule has 1 amide bonds. The van der Waals surface area contributed by atoms with Gasteiger partial charge in [-0.05, 0) is 43.2 Å². The molecule has 2 unspecified atom stereocenters. The van der Waals surface area contributed by atoms with E-state index in [0.717, 1.165) is 16.7 Å². The normalized spacial score (nSPS) is 18.0. The van der Waals surface area contributed by atoms with Crippen molar-refractivity contribution in [3.63, 3.8) is 0 Å². The minimum Gasteiger partial charge on any atom is -0.472 e. The van der Waals surface area contributed by atoms with Gasteiger partial charge in [-0.3, -0.25) is 5.32 Å². The van der Waals surface area contributed by atoms with Crippen molar-refractivity contribution in [2.24, 2.45) is 4.99 Å². The molecule has 146 valence electrons. The molecular weight excluding hydrogens is 360 g/mol. The van der Waals surface area contributed by atoms with Crippen LogP contribution < -0.4 is 5.32 Å².